The minimum Gasteiger partial charge on any atom is -0.493 e. The second-order valence-electron chi connectivity index (χ2n) is 14.2. The van der Waals surface area contributed by atoms with Crippen molar-refractivity contribution in [3.8, 4) is 34.1 Å². The van der Waals surface area contributed by atoms with E-state index in [1.165, 1.54) is 25.7 Å². The molecule has 6 nitrogen and oxygen atoms in total. The van der Waals surface area contributed by atoms with Crippen LogP contribution >= 0.6 is 0 Å². The van der Waals surface area contributed by atoms with Gasteiger partial charge in [-0.05, 0) is 146 Å². The van der Waals surface area contributed by atoms with Gasteiger partial charge in [-0.3, -0.25) is 0 Å². The lowest BCUT2D eigenvalue weighted by atomic mass is 9.96. The summed E-state index contributed by atoms with van der Waals surface area (Å²) in [6.07, 6.45) is 9.15. The summed E-state index contributed by atoms with van der Waals surface area (Å²) in [6.45, 7) is 17.8. The van der Waals surface area contributed by atoms with E-state index in [1.807, 2.05) is 76.2 Å². The Kier molecular flexibility index (Phi) is 15.4. The van der Waals surface area contributed by atoms with E-state index in [1.54, 1.807) is 24.3 Å². The fourth-order valence-electron chi connectivity index (χ4n) is 6.51. The summed E-state index contributed by atoms with van der Waals surface area (Å²) in [4.78, 5) is 26.6. The van der Waals surface area contributed by atoms with Crippen molar-refractivity contribution in [1.29, 1.82) is 0 Å². The first-order valence-corrected chi connectivity index (χ1v) is 19.2. The van der Waals surface area contributed by atoms with Crippen LogP contribution in [0.5, 0.6) is 23.0 Å². The highest BCUT2D eigenvalue weighted by Gasteiger charge is 2.18. The van der Waals surface area contributed by atoms with E-state index < -0.39 is 11.9 Å². The van der Waals surface area contributed by atoms with Crippen LogP contribution in [0.25, 0.3) is 11.1 Å². The first kappa shape index (κ1) is 40.2. The number of rotatable bonds is 19. The molecule has 0 aliphatic carbocycles. The van der Waals surface area contributed by atoms with Crippen molar-refractivity contribution in [1.82, 2.24) is 0 Å². The molecule has 0 saturated heterocycles. The molecule has 2 atom stereocenters. The maximum atomic E-state index is 13.3. The summed E-state index contributed by atoms with van der Waals surface area (Å²) in [5.41, 5.74) is 6.26. The number of hydrogen-bond donors (Lipinski definition) is 0. The molecule has 52 heavy (non-hydrogen) atoms. The fraction of sp³-hybridized carbons (Fsp3) is 0.435. The van der Waals surface area contributed by atoms with Gasteiger partial charge in [0.05, 0.1) is 24.3 Å². The number of unbranched alkanes of at least 4 members (excludes halogenated alkanes) is 2. The van der Waals surface area contributed by atoms with Crippen molar-refractivity contribution in [3.63, 3.8) is 0 Å². The topological polar surface area (TPSA) is 71.1 Å². The SMILES string of the molecule is CCCCC(CC)COc1cccc(C(=O)Oc2c(C)cc(-c3cc(C)c(OC(=O)c4cccc(OCC(CC)CCCC)c4)c(C)c3)cc2C)c1. The van der Waals surface area contributed by atoms with Gasteiger partial charge in [-0.15, -0.1) is 0 Å². The Balaban J connectivity index is 1.43. The van der Waals surface area contributed by atoms with Crippen molar-refractivity contribution in [2.75, 3.05) is 13.2 Å². The van der Waals surface area contributed by atoms with Crippen molar-refractivity contribution >= 4 is 11.9 Å². The van der Waals surface area contributed by atoms with Gasteiger partial charge in [0, 0.05) is 0 Å². The summed E-state index contributed by atoms with van der Waals surface area (Å²) >= 11 is 0. The van der Waals surface area contributed by atoms with E-state index in [0.29, 0.717) is 59.2 Å². The minimum absolute atomic E-state index is 0.422. The molecule has 0 radical (unpaired) electrons. The Morgan fingerprint density at radius 1 is 0.538 bits per heavy atom. The summed E-state index contributed by atoms with van der Waals surface area (Å²) < 4.78 is 24.1. The molecule has 0 aromatic heterocycles. The zero-order valence-corrected chi connectivity index (χ0v) is 32.6. The number of benzene rings is 4. The molecule has 0 N–H and O–H groups in total. The van der Waals surface area contributed by atoms with E-state index in [4.69, 9.17) is 18.9 Å². The van der Waals surface area contributed by atoms with Crippen LogP contribution in [-0.2, 0) is 0 Å². The highest BCUT2D eigenvalue weighted by molar-refractivity contribution is 5.92. The average molecular weight is 707 g/mol. The van der Waals surface area contributed by atoms with Gasteiger partial charge in [0.25, 0.3) is 0 Å². The number of hydrogen-bond acceptors (Lipinski definition) is 6. The lowest BCUT2D eigenvalue weighted by Crippen LogP contribution is -2.13. The molecule has 0 bridgehead atoms. The predicted molar refractivity (Wildman–Crippen MR) is 211 cm³/mol. The van der Waals surface area contributed by atoms with Crippen LogP contribution in [0.15, 0.2) is 72.8 Å². The molecular weight excluding hydrogens is 648 g/mol. The van der Waals surface area contributed by atoms with E-state index >= 15 is 0 Å². The Morgan fingerprint density at radius 2 is 0.904 bits per heavy atom. The number of ether oxygens (including phenoxy) is 4. The summed E-state index contributed by atoms with van der Waals surface area (Å²) in [6, 6.07) is 22.5. The molecule has 4 aromatic rings. The molecule has 0 aliphatic rings. The first-order chi connectivity index (χ1) is 25.1. The number of aryl methyl sites for hydroxylation is 4. The van der Waals surface area contributed by atoms with E-state index in [-0.39, 0.29) is 0 Å². The van der Waals surface area contributed by atoms with Crippen molar-refractivity contribution < 1.29 is 28.5 Å². The highest BCUT2D eigenvalue weighted by Crippen LogP contribution is 2.35. The van der Waals surface area contributed by atoms with Gasteiger partial charge in [-0.25, -0.2) is 9.59 Å². The third kappa shape index (κ3) is 11.2. The normalized spacial score (nSPS) is 12.2. The maximum Gasteiger partial charge on any atom is 0.343 e. The molecule has 0 saturated carbocycles. The van der Waals surface area contributed by atoms with Crippen LogP contribution < -0.4 is 18.9 Å². The Morgan fingerprint density at radius 3 is 1.23 bits per heavy atom. The van der Waals surface area contributed by atoms with Gasteiger partial charge in [0.1, 0.15) is 23.0 Å². The second-order valence-corrected chi connectivity index (χ2v) is 14.2. The van der Waals surface area contributed by atoms with Gasteiger partial charge in [0.2, 0.25) is 0 Å². The predicted octanol–water partition coefficient (Wildman–Crippen LogP) is 12.2. The van der Waals surface area contributed by atoms with Gasteiger partial charge in [0.15, 0.2) is 0 Å². The molecule has 278 valence electrons. The molecule has 6 heteroatoms. The number of carbonyl (C=O) groups excluding carboxylic acids is 2. The third-order valence-electron chi connectivity index (χ3n) is 9.84. The Bertz CT molecular complexity index is 1610. The van der Waals surface area contributed by atoms with Crippen LogP contribution in [0.4, 0.5) is 0 Å². The van der Waals surface area contributed by atoms with E-state index in [9.17, 15) is 9.59 Å². The molecular formula is C46H58O6. The third-order valence-corrected chi connectivity index (χ3v) is 9.84. The zero-order chi connectivity index (χ0) is 37.6. The Hall–Kier alpha value is -4.58. The van der Waals surface area contributed by atoms with Gasteiger partial charge >= 0.3 is 11.9 Å². The van der Waals surface area contributed by atoms with Crippen LogP contribution in [0.2, 0.25) is 0 Å². The molecule has 2 unspecified atom stereocenters. The van der Waals surface area contributed by atoms with Gasteiger partial charge < -0.3 is 18.9 Å². The van der Waals surface area contributed by atoms with Crippen LogP contribution in [0.3, 0.4) is 0 Å². The van der Waals surface area contributed by atoms with Crippen molar-refractivity contribution in [2.45, 2.75) is 107 Å². The minimum atomic E-state index is -0.422. The van der Waals surface area contributed by atoms with Gasteiger partial charge in [-0.2, -0.15) is 0 Å². The van der Waals surface area contributed by atoms with Crippen molar-refractivity contribution in [3.05, 3.63) is 106 Å². The quantitative estimate of drug-likeness (QED) is 0.0714. The monoisotopic (exact) mass is 706 g/mol. The van der Waals surface area contributed by atoms with Crippen LogP contribution in [0, 0.1) is 39.5 Å². The lowest BCUT2D eigenvalue weighted by molar-refractivity contribution is 0.0722. The smallest absolute Gasteiger partial charge is 0.343 e. The molecule has 0 heterocycles. The maximum absolute atomic E-state index is 13.3. The van der Waals surface area contributed by atoms with Gasteiger partial charge in [-0.1, -0.05) is 78.4 Å². The average Bonchev–Trinajstić information content (AvgIpc) is 3.14. The molecule has 4 rings (SSSR count). The lowest BCUT2D eigenvalue weighted by Gasteiger charge is -2.17. The summed E-state index contributed by atoms with van der Waals surface area (Å²) in [7, 11) is 0. The van der Waals surface area contributed by atoms with E-state index in [0.717, 1.165) is 59.1 Å². The number of esters is 2. The van der Waals surface area contributed by atoms with E-state index in [2.05, 4.69) is 27.7 Å². The standard InChI is InChI=1S/C46H58O6/c1-9-13-17-35(11-3)29-49-41-21-15-19-37(27-41)45(47)51-43-31(5)23-39(24-32(43)6)40-25-33(7)44(34(8)26-40)52-46(48)38-20-16-22-42(28-38)50-30-36(12-4)18-14-10-2/h15-16,19-28,35-36H,9-14,17-18,29-30H2,1-8H3. The largest absolute Gasteiger partial charge is 0.493 e. The van der Waals surface area contributed by atoms with Crippen LogP contribution in [0.1, 0.15) is 122 Å². The molecule has 4 aromatic carbocycles. The Labute approximate surface area is 311 Å². The summed E-state index contributed by atoms with van der Waals surface area (Å²) in [5.74, 6) is 2.59. The number of carbonyl (C=O) groups is 2. The highest BCUT2D eigenvalue weighted by atomic mass is 16.5. The zero-order valence-electron chi connectivity index (χ0n) is 32.6. The van der Waals surface area contributed by atoms with Crippen LogP contribution in [-0.4, -0.2) is 25.2 Å². The van der Waals surface area contributed by atoms with Crippen molar-refractivity contribution in [2.24, 2.45) is 11.8 Å². The fourth-order valence-corrected chi connectivity index (χ4v) is 6.51. The summed E-state index contributed by atoms with van der Waals surface area (Å²) in [5, 5.41) is 0. The molecule has 0 spiro atoms. The molecule has 0 amide bonds. The molecule has 0 aliphatic heterocycles. The second kappa shape index (κ2) is 19.9. The first-order valence-electron chi connectivity index (χ1n) is 19.2. The molecule has 0 fully saturated rings.